The van der Waals surface area contributed by atoms with Crippen LogP contribution in [-0.4, -0.2) is 29.6 Å². The summed E-state index contributed by atoms with van der Waals surface area (Å²) < 4.78 is 0. The summed E-state index contributed by atoms with van der Waals surface area (Å²) in [5, 5.41) is 0. The van der Waals surface area contributed by atoms with E-state index in [9.17, 15) is 0 Å². The first-order valence-corrected chi connectivity index (χ1v) is 7.40. The molecule has 1 aromatic rings. The fraction of sp³-hybridized carbons (Fsp3) is 0.615. The molecular formula is C13H21N3S. The van der Waals surface area contributed by atoms with Crippen LogP contribution < -0.4 is 10.6 Å². The van der Waals surface area contributed by atoms with Gasteiger partial charge in [-0.2, -0.15) is 11.8 Å². The second-order valence-corrected chi connectivity index (χ2v) is 5.66. The van der Waals surface area contributed by atoms with Gasteiger partial charge in [0.2, 0.25) is 0 Å². The first-order valence-electron chi connectivity index (χ1n) is 6.25. The highest BCUT2D eigenvalue weighted by Gasteiger charge is 2.21. The maximum absolute atomic E-state index is 5.75. The Labute approximate surface area is 108 Å². The fourth-order valence-corrected chi connectivity index (χ4v) is 3.40. The zero-order chi connectivity index (χ0) is 12.3. The number of pyridine rings is 1. The van der Waals surface area contributed by atoms with Crippen LogP contribution in [0.4, 0.5) is 5.82 Å². The molecule has 1 aliphatic heterocycles. The lowest BCUT2D eigenvalue weighted by Crippen LogP contribution is -2.32. The Balaban J connectivity index is 2.23. The van der Waals surface area contributed by atoms with Gasteiger partial charge in [0.25, 0.3) is 0 Å². The Bertz CT molecular complexity index is 353. The number of anilines is 1. The minimum absolute atomic E-state index is 0.593. The van der Waals surface area contributed by atoms with Gasteiger partial charge in [0.05, 0.1) is 0 Å². The van der Waals surface area contributed by atoms with Crippen LogP contribution in [-0.2, 0) is 13.0 Å². The normalized spacial score (nSPS) is 19.6. The number of hydrogen-bond donors (Lipinski definition) is 1. The predicted molar refractivity (Wildman–Crippen MR) is 75.6 cm³/mol. The molecule has 0 radical (unpaired) electrons. The third kappa shape index (κ3) is 2.93. The third-order valence-electron chi connectivity index (χ3n) is 3.34. The van der Waals surface area contributed by atoms with E-state index in [2.05, 4.69) is 31.0 Å². The SMILES string of the molecule is CCc1cc(CN)cc(N(C)C2CCSC2)n1. The van der Waals surface area contributed by atoms with E-state index in [1.165, 1.54) is 23.5 Å². The molecule has 1 atom stereocenters. The molecule has 0 aliphatic carbocycles. The van der Waals surface area contributed by atoms with Crippen LogP contribution in [0.5, 0.6) is 0 Å². The highest BCUT2D eigenvalue weighted by atomic mass is 32.2. The summed E-state index contributed by atoms with van der Waals surface area (Å²) in [6.07, 6.45) is 2.23. The van der Waals surface area contributed by atoms with Gasteiger partial charge in [-0.15, -0.1) is 0 Å². The van der Waals surface area contributed by atoms with Gasteiger partial charge in [-0.1, -0.05) is 6.92 Å². The van der Waals surface area contributed by atoms with Gasteiger partial charge in [0, 0.05) is 31.1 Å². The molecule has 0 bridgehead atoms. The van der Waals surface area contributed by atoms with Crippen molar-refractivity contribution in [1.82, 2.24) is 4.98 Å². The Kier molecular flexibility index (Phi) is 4.29. The van der Waals surface area contributed by atoms with E-state index in [-0.39, 0.29) is 0 Å². The van der Waals surface area contributed by atoms with Gasteiger partial charge >= 0.3 is 0 Å². The second kappa shape index (κ2) is 5.74. The molecule has 17 heavy (non-hydrogen) atoms. The van der Waals surface area contributed by atoms with Crippen molar-refractivity contribution >= 4 is 17.6 Å². The molecule has 2 N–H and O–H groups in total. The van der Waals surface area contributed by atoms with Crippen LogP contribution in [0.3, 0.4) is 0 Å². The fourth-order valence-electron chi connectivity index (χ4n) is 2.13. The van der Waals surface area contributed by atoms with Gasteiger partial charge in [-0.25, -0.2) is 4.98 Å². The van der Waals surface area contributed by atoms with Crippen molar-refractivity contribution in [3.8, 4) is 0 Å². The number of thioether (sulfide) groups is 1. The first kappa shape index (κ1) is 12.7. The summed E-state index contributed by atoms with van der Waals surface area (Å²) in [6.45, 7) is 2.73. The molecule has 1 saturated heterocycles. The lowest BCUT2D eigenvalue weighted by Gasteiger charge is -2.25. The van der Waals surface area contributed by atoms with Crippen molar-refractivity contribution in [2.45, 2.75) is 32.4 Å². The highest BCUT2D eigenvalue weighted by Crippen LogP contribution is 2.25. The molecule has 0 amide bonds. The summed E-state index contributed by atoms with van der Waals surface area (Å²) in [5.74, 6) is 3.57. The average molecular weight is 251 g/mol. The average Bonchev–Trinajstić information content (AvgIpc) is 2.91. The molecule has 2 rings (SSSR count). The van der Waals surface area contributed by atoms with E-state index in [1.54, 1.807) is 0 Å². The van der Waals surface area contributed by atoms with E-state index in [4.69, 9.17) is 10.7 Å². The van der Waals surface area contributed by atoms with Crippen molar-refractivity contribution in [3.05, 3.63) is 23.4 Å². The lowest BCUT2D eigenvalue weighted by atomic mass is 10.1. The van der Waals surface area contributed by atoms with Crippen LogP contribution in [0.25, 0.3) is 0 Å². The van der Waals surface area contributed by atoms with E-state index in [0.29, 0.717) is 12.6 Å². The van der Waals surface area contributed by atoms with Crippen molar-refractivity contribution < 1.29 is 0 Å². The van der Waals surface area contributed by atoms with Crippen LogP contribution >= 0.6 is 11.8 Å². The van der Waals surface area contributed by atoms with Crippen LogP contribution in [0.2, 0.25) is 0 Å². The van der Waals surface area contributed by atoms with Crippen LogP contribution in [0.15, 0.2) is 12.1 Å². The summed E-state index contributed by atoms with van der Waals surface area (Å²) in [4.78, 5) is 7.02. The number of aryl methyl sites for hydroxylation is 1. The van der Waals surface area contributed by atoms with Gasteiger partial charge < -0.3 is 10.6 Å². The van der Waals surface area contributed by atoms with E-state index in [1.807, 2.05) is 11.8 Å². The van der Waals surface area contributed by atoms with Gasteiger partial charge in [0.1, 0.15) is 5.82 Å². The minimum atomic E-state index is 0.593. The lowest BCUT2D eigenvalue weighted by molar-refractivity contribution is 0.689. The Hall–Kier alpha value is -0.740. The molecule has 0 spiro atoms. The Morgan fingerprint density at radius 3 is 2.94 bits per heavy atom. The van der Waals surface area contributed by atoms with Crippen molar-refractivity contribution in [3.63, 3.8) is 0 Å². The number of nitrogens with zero attached hydrogens (tertiary/aromatic N) is 2. The number of aromatic nitrogens is 1. The Morgan fingerprint density at radius 1 is 1.53 bits per heavy atom. The molecule has 1 fully saturated rings. The van der Waals surface area contributed by atoms with Crippen LogP contribution in [0, 0.1) is 0 Å². The summed E-state index contributed by atoms with van der Waals surface area (Å²) in [6, 6.07) is 4.87. The molecule has 1 aromatic heterocycles. The monoisotopic (exact) mass is 251 g/mol. The predicted octanol–water partition coefficient (Wildman–Crippen LogP) is 2.04. The van der Waals surface area contributed by atoms with Gasteiger partial charge in [-0.3, -0.25) is 0 Å². The summed E-state index contributed by atoms with van der Waals surface area (Å²) in [5.41, 5.74) is 8.07. The van der Waals surface area contributed by atoms with Crippen molar-refractivity contribution in [1.29, 1.82) is 0 Å². The minimum Gasteiger partial charge on any atom is -0.356 e. The van der Waals surface area contributed by atoms with E-state index < -0.39 is 0 Å². The quantitative estimate of drug-likeness (QED) is 0.889. The van der Waals surface area contributed by atoms with Gasteiger partial charge in [-0.05, 0) is 36.3 Å². The number of rotatable bonds is 4. The molecule has 1 unspecified atom stereocenters. The Morgan fingerprint density at radius 2 is 2.35 bits per heavy atom. The van der Waals surface area contributed by atoms with Crippen molar-refractivity contribution in [2.24, 2.45) is 5.73 Å². The van der Waals surface area contributed by atoms with Crippen molar-refractivity contribution in [2.75, 3.05) is 23.5 Å². The van der Waals surface area contributed by atoms with E-state index >= 15 is 0 Å². The molecule has 2 heterocycles. The molecule has 3 nitrogen and oxygen atoms in total. The molecule has 0 saturated carbocycles. The smallest absolute Gasteiger partial charge is 0.129 e. The summed E-state index contributed by atoms with van der Waals surface area (Å²) in [7, 11) is 2.15. The summed E-state index contributed by atoms with van der Waals surface area (Å²) >= 11 is 2.03. The first-order chi connectivity index (χ1) is 8.24. The zero-order valence-corrected chi connectivity index (χ0v) is 11.5. The standard InChI is InChI=1S/C13H21N3S/c1-3-11-6-10(8-14)7-13(15-11)16(2)12-4-5-17-9-12/h6-7,12H,3-5,8-9,14H2,1-2H3. The third-order valence-corrected chi connectivity index (χ3v) is 4.48. The molecule has 0 aromatic carbocycles. The zero-order valence-electron chi connectivity index (χ0n) is 10.6. The van der Waals surface area contributed by atoms with E-state index in [0.717, 1.165) is 17.9 Å². The van der Waals surface area contributed by atoms with Crippen LogP contribution in [0.1, 0.15) is 24.6 Å². The molecule has 94 valence electrons. The molecule has 4 heteroatoms. The maximum atomic E-state index is 5.75. The number of nitrogens with two attached hydrogens (primary N) is 1. The second-order valence-electron chi connectivity index (χ2n) is 4.51. The molecule has 1 aliphatic rings. The largest absolute Gasteiger partial charge is 0.356 e. The topological polar surface area (TPSA) is 42.1 Å². The highest BCUT2D eigenvalue weighted by molar-refractivity contribution is 7.99. The number of hydrogen-bond acceptors (Lipinski definition) is 4. The van der Waals surface area contributed by atoms with Gasteiger partial charge in [0.15, 0.2) is 0 Å². The molecular weight excluding hydrogens is 230 g/mol. The maximum Gasteiger partial charge on any atom is 0.129 e.